The van der Waals surface area contributed by atoms with E-state index in [0.29, 0.717) is 12.1 Å². The summed E-state index contributed by atoms with van der Waals surface area (Å²) in [5.41, 5.74) is 0. The number of aromatic nitrogens is 3. The fourth-order valence-electron chi connectivity index (χ4n) is 2.07. The summed E-state index contributed by atoms with van der Waals surface area (Å²) in [4.78, 5) is 2.55. The Morgan fingerprint density at radius 3 is 2.79 bits per heavy atom. The van der Waals surface area contributed by atoms with Gasteiger partial charge in [-0.1, -0.05) is 6.92 Å². The van der Waals surface area contributed by atoms with Gasteiger partial charge in [-0.2, -0.15) is 0 Å². The van der Waals surface area contributed by atoms with E-state index in [0.717, 1.165) is 6.54 Å². The molecule has 14 heavy (non-hydrogen) atoms. The number of hydrogen-bond donors (Lipinski definition) is 0. The molecule has 0 spiro atoms. The molecular formula is C10H18N4. The molecule has 78 valence electrons. The molecule has 2 heterocycles. The predicted molar refractivity (Wildman–Crippen MR) is 55.0 cm³/mol. The highest BCUT2D eigenvalue weighted by Crippen LogP contribution is 2.23. The van der Waals surface area contributed by atoms with Crippen LogP contribution in [0.3, 0.4) is 0 Å². The largest absolute Gasteiger partial charge is 0.316 e. The van der Waals surface area contributed by atoms with Gasteiger partial charge in [0.25, 0.3) is 0 Å². The molecule has 2 rings (SSSR count). The van der Waals surface area contributed by atoms with E-state index in [1.54, 1.807) is 0 Å². The summed E-state index contributed by atoms with van der Waals surface area (Å²) in [6.45, 7) is 6.90. The molecule has 4 nitrogen and oxygen atoms in total. The molecule has 0 bridgehead atoms. The van der Waals surface area contributed by atoms with Crippen LogP contribution in [0.5, 0.6) is 0 Å². The second-order valence-corrected chi connectivity index (χ2v) is 4.10. The maximum Gasteiger partial charge on any atom is 0.119 e. The number of hydrogen-bond acceptors (Lipinski definition) is 3. The third kappa shape index (κ3) is 1.80. The Hall–Kier alpha value is -0.900. The zero-order chi connectivity index (χ0) is 9.97. The van der Waals surface area contributed by atoms with Gasteiger partial charge < -0.3 is 4.57 Å². The van der Waals surface area contributed by atoms with Crippen LogP contribution in [0.4, 0.5) is 0 Å². The first-order chi connectivity index (χ1) is 6.81. The lowest BCUT2D eigenvalue weighted by Gasteiger charge is -2.22. The molecule has 1 aromatic rings. The molecule has 1 unspecified atom stereocenters. The van der Waals surface area contributed by atoms with Gasteiger partial charge in [-0.05, 0) is 19.8 Å². The third-order valence-corrected chi connectivity index (χ3v) is 3.27. The van der Waals surface area contributed by atoms with Crippen LogP contribution in [0.2, 0.25) is 0 Å². The summed E-state index contributed by atoms with van der Waals surface area (Å²) in [6.07, 6.45) is 6.10. The Kier molecular flexibility index (Phi) is 2.82. The quantitative estimate of drug-likeness (QED) is 0.728. The van der Waals surface area contributed by atoms with Gasteiger partial charge >= 0.3 is 0 Å². The van der Waals surface area contributed by atoms with Crippen molar-refractivity contribution in [2.24, 2.45) is 0 Å². The minimum absolute atomic E-state index is 0.582. The van der Waals surface area contributed by atoms with Gasteiger partial charge in [-0.15, -0.1) is 10.2 Å². The van der Waals surface area contributed by atoms with Crippen molar-refractivity contribution in [1.82, 2.24) is 19.7 Å². The fraction of sp³-hybridized carbons (Fsp3) is 0.800. The van der Waals surface area contributed by atoms with Gasteiger partial charge in [0.1, 0.15) is 12.7 Å². The van der Waals surface area contributed by atoms with Crippen molar-refractivity contribution in [1.29, 1.82) is 0 Å². The van der Waals surface area contributed by atoms with Crippen LogP contribution >= 0.6 is 0 Å². The molecule has 4 heteroatoms. The van der Waals surface area contributed by atoms with Crippen LogP contribution in [0.25, 0.3) is 0 Å². The second kappa shape index (κ2) is 4.09. The Bertz CT molecular complexity index is 270. The van der Waals surface area contributed by atoms with Gasteiger partial charge in [-0.3, -0.25) is 4.90 Å². The maximum atomic E-state index is 3.85. The first-order valence-corrected chi connectivity index (χ1v) is 5.39. The maximum absolute atomic E-state index is 3.85. The average Bonchev–Trinajstić information content (AvgIpc) is 2.86. The molecule has 1 aliphatic heterocycles. The van der Waals surface area contributed by atoms with Crippen LogP contribution < -0.4 is 0 Å². The number of rotatable bonds is 3. The summed E-state index contributed by atoms with van der Waals surface area (Å²) < 4.78 is 2.13. The van der Waals surface area contributed by atoms with E-state index < -0.39 is 0 Å². The number of nitrogens with zero attached hydrogens (tertiary/aromatic N) is 4. The molecule has 1 aliphatic rings. The van der Waals surface area contributed by atoms with Gasteiger partial charge in [-0.25, -0.2) is 0 Å². The van der Waals surface area contributed by atoms with Crippen molar-refractivity contribution in [2.45, 2.75) is 38.8 Å². The minimum Gasteiger partial charge on any atom is -0.316 e. The van der Waals surface area contributed by atoms with E-state index in [1.165, 1.54) is 19.4 Å². The Labute approximate surface area is 84.9 Å². The molecular weight excluding hydrogens is 176 g/mol. The molecule has 0 N–H and O–H groups in total. The molecule has 0 saturated carbocycles. The summed E-state index contributed by atoms with van der Waals surface area (Å²) in [6, 6.07) is 1.29. The van der Waals surface area contributed by atoms with Crippen LogP contribution in [-0.2, 0) is 0 Å². The molecule has 2 atom stereocenters. The summed E-state index contributed by atoms with van der Waals surface area (Å²) in [5.74, 6) is 0. The lowest BCUT2D eigenvalue weighted by molar-refractivity contribution is 0.244. The van der Waals surface area contributed by atoms with Crippen molar-refractivity contribution in [3.63, 3.8) is 0 Å². The molecule has 1 aromatic heterocycles. The molecule has 1 fully saturated rings. The Morgan fingerprint density at radius 1 is 1.43 bits per heavy atom. The summed E-state index contributed by atoms with van der Waals surface area (Å²) in [7, 11) is 0. The molecule has 0 aromatic carbocycles. The van der Waals surface area contributed by atoms with Crippen molar-refractivity contribution in [2.75, 3.05) is 13.1 Å². The lowest BCUT2D eigenvalue weighted by atomic mass is 10.2. The van der Waals surface area contributed by atoms with Crippen molar-refractivity contribution in [3.05, 3.63) is 12.7 Å². The van der Waals surface area contributed by atoms with E-state index >= 15 is 0 Å². The zero-order valence-corrected chi connectivity index (χ0v) is 8.93. The van der Waals surface area contributed by atoms with Crippen molar-refractivity contribution < 1.29 is 0 Å². The van der Waals surface area contributed by atoms with E-state index in [9.17, 15) is 0 Å². The van der Waals surface area contributed by atoms with Crippen molar-refractivity contribution >= 4 is 0 Å². The second-order valence-electron chi connectivity index (χ2n) is 4.10. The van der Waals surface area contributed by atoms with Crippen molar-refractivity contribution in [3.8, 4) is 0 Å². The Morgan fingerprint density at radius 2 is 2.14 bits per heavy atom. The predicted octanol–water partition coefficient (Wildman–Crippen LogP) is 1.32. The Balaban J connectivity index is 1.95. The van der Waals surface area contributed by atoms with Crippen LogP contribution in [0, 0.1) is 0 Å². The highest BCUT2D eigenvalue weighted by Gasteiger charge is 2.25. The fourth-order valence-corrected chi connectivity index (χ4v) is 2.07. The van der Waals surface area contributed by atoms with E-state index in [1.807, 2.05) is 12.7 Å². The first kappa shape index (κ1) is 9.65. The van der Waals surface area contributed by atoms with Gasteiger partial charge in [0.05, 0.1) is 0 Å². The van der Waals surface area contributed by atoms with Gasteiger partial charge in [0, 0.05) is 25.2 Å². The first-order valence-electron chi connectivity index (χ1n) is 5.39. The molecule has 1 saturated heterocycles. The summed E-state index contributed by atoms with van der Waals surface area (Å²) >= 11 is 0. The lowest BCUT2D eigenvalue weighted by Crippen LogP contribution is -2.30. The normalized spacial score (nSPS) is 25.4. The molecule has 0 amide bonds. The monoisotopic (exact) mass is 194 g/mol. The van der Waals surface area contributed by atoms with Gasteiger partial charge in [0.2, 0.25) is 0 Å². The van der Waals surface area contributed by atoms with Crippen LogP contribution in [-0.4, -0.2) is 38.8 Å². The van der Waals surface area contributed by atoms with E-state index in [2.05, 4.69) is 33.5 Å². The highest BCUT2D eigenvalue weighted by molar-refractivity contribution is 4.84. The average molecular weight is 194 g/mol. The van der Waals surface area contributed by atoms with E-state index in [-0.39, 0.29) is 0 Å². The van der Waals surface area contributed by atoms with Crippen LogP contribution in [0.1, 0.15) is 32.7 Å². The van der Waals surface area contributed by atoms with Gasteiger partial charge in [0.15, 0.2) is 0 Å². The van der Waals surface area contributed by atoms with E-state index in [4.69, 9.17) is 0 Å². The van der Waals surface area contributed by atoms with Crippen LogP contribution in [0.15, 0.2) is 12.7 Å². The topological polar surface area (TPSA) is 34.0 Å². The highest BCUT2D eigenvalue weighted by atomic mass is 15.3. The third-order valence-electron chi connectivity index (χ3n) is 3.27. The SMILES string of the molecule is CCC(C)N1CC[C@@H](n2cnnc2)C1. The standard InChI is InChI=1S/C10H18N4/c1-3-9(2)13-5-4-10(6-13)14-7-11-12-8-14/h7-10H,3-6H2,1-2H3/t9?,10-/m1/s1. The number of likely N-dealkylation sites (tertiary alicyclic amines) is 1. The zero-order valence-electron chi connectivity index (χ0n) is 8.93. The molecule has 0 radical (unpaired) electrons. The minimum atomic E-state index is 0.582. The smallest absolute Gasteiger partial charge is 0.119 e. The molecule has 0 aliphatic carbocycles. The summed E-state index contributed by atoms with van der Waals surface area (Å²) in [5, 5.41) is 7.70.